The molecule has 0 atom stereocenters. The monoisotopic (exact) mass is 440 g/mol. The van der Waals surface area contributed by atoms with Gasteiger partial charge in [-0.05, 0) is 29.1 Å². The molecule has 2 N–H and O–H groups in total. The first-order valence-corrected chi connectivity index (χ1v) is 11.6. The summed E-state index contributed by atoms with van der Waals surface area (Å²) in [6.45, 7) is 2.76. The summed E-state index contributed by atoms with van der Waals surface area (Å²) >= 11 is 1.23. The predicted octanol–water partition coefficient (Wildman–Crippen LogP) is -0.0291. The molecule has 0 bridgehead atoms. The van der Waals surface area contributed by atoms with E-state index in [4.69, 9.17) is 9.47 Å². The Labute approximate surface area is 175 Å². The van der Waals surface area contributed by atoms with Gasteiger partial charge in [0.05, 0.1) is 40.4 Å². The highest BCUT2D eigenvalue weighted by atomic mass is 32.2. The van der Waals surface area contributed by atoms with Crippen molar-refractivity contribution in [1.82, 2.24) is 9.62 Å². The normalized spacial score (nSPS) is 15.8. The van der Waals surface area contributed by atoms with E-state index >= 15 is 0 Å². The number of ether oxygens (including phenoxy) is 2. The third-order valence-electron chi connectivity index (χ3n) is 4.87. The number of quaternary nitrogens is 1. The Morgan fingerprint density at radius 3 is 2.52 bits per heavy atom. The van der Waals surface area contributed by atoms with Gasteiger partial charge in [0.25, 0.3) is 15.9 Å². The number of nitrogens with zero attached hydrogens (tertiary/aromatic N) is 1. The Morgan fingerprint density at radius 2 is 1.90 bits per heavy atom. The van der Waals surface area contributed by atoms with Crippen molar-refractivity contribution in [2.24, 2.45) is 0 Å². The van der Waals surface area contributed by atoms with E-state index in [1.807, 2.05) is 12.1 Å². The molecule has 1 saturated heterocycles. The van der Waals surface area contributed by atoms with E-state index < -0.39 is 10.0 Å². The Hall–Kier alpha value is -2.14. The predicted molar refractivity (Wildman–Crippen MR) is 110 cm³/mol. The molecule has 3 rings (SSSR count). The molecule has 1 aliphatic rings. The highest BCUT2D eigenvalue weighted by Crippen LogP contribution is 2.27. The molecule has 1 amide bonds. The van der Waals surface area contributed by atoms with E-state index in [9.17, 15) is 13.2 Å². The van der Waals surface area contributed by atoms with Gasteiger partial charge in [-0.15, -0.1) is 11.3 Å². The molecule has 1 aromatic heterocycles. The molecule has 0 saturated carbocycles. The van der Waals surface area contributed by atoms with E-state index in [-0.39, 0.29) is 5.91 Å². The first kappa shape index (κ1) is 21.6. The maximum atomic E-state index is 12.6. The van der Waals surface area contributed by atoms with Crippen LogP contribution < -0.4 is 19.7 Å². The molecule has 1 aliphatic heterocycles. The second kappa shape index (κ2) is 9.57. The topological polar surface area (TPSA) is 89.4 Å². The van der Waals surface area contributed by atoms with Crippen LogP contribution in [-0.2, 0) is 21.4 Å². The number of thiophene rings is 1. The Bertz CT molecular complexity index is 923. The largest absolute Gasteiger partial charge is 0.493 e. The number of carbonyl (C=O) groups excluding carboxylic acids is 1. The van der Waals surface area contributed by atoms with Gasteiger partial charge in [0.1, 0.15) is 4.21 Å². The van der Waals surface area contributed by atoms with Crippen LogP contribution in [0.25, 0.3) is 0 Å². The van der Waals surface area contributed by atoms with E-state index in [2.05, 4.69) is 5.32 Å². The zero-order valence-corrected chi connectivity index (χ0v) is 18.1. The fraction of sp³-hybridized carbons (Fsp3) is 0.421. The summed E-state index contributed by atoms with van der Waals surface area (Å²) in [5, 5.41) is 4.67. The van der Waals surface area contributed by atoms with Gasteiger partial charge in [0.2, 0.25) is 0 Å². The lowest BCUT2D eigenvalue weighted by molar-refractivity contribution is -0.895. The van der Waals surface area contributed by atoms with Crippen molar-refractivity contribution in [3.05, 3.63) is 41.3 Å². The van der Waals surface area contributed by atoms with Gasteiger partial charge in [-0.25, -0.2) is 8.42 Å². The van der Waals surface area contributed by atoms with Crippen LogP contribution in [0.5, 0.6) is 11.5 Å². The summed E-state index contributed by atoms with van der Waals surface area (Å²) < 4.78 is 37.5. The average molecular weight is 441 g/mol. The van der Waals surface area contributed by atoms with Gasteiger partial charge in [0, 0.05) is 6.54 Å². The van der Waals surface area contributed by atoms with Crippen LogP contribution in [0.3, 0.4) is 0 Å². The summed E-state index contributed by atoms with van der Waals surface area (Å²) in [7, 11) is -0.265. The number of hydrogen-bond acceptors (Lipinski definition) is 6. The van der Waals surface area contributed by atoms with Crippen LogP contribution in [0.2, 0.25) is 0 Å². The number of nitrogens with one attached hydrogen (secondary N) is 2. The van der Waals surface area contributed by atoms with E-state index in [0.29, 0.717) is 55.0 Å². The van der Waals surface area contributed by atoms with E-state index in [1.165, 1.54) is 15.6 Å². The minimum atomic E-state index is -3.41. The molecule has 2 heterocycles. The maximum absolute atomic E-state index is 12.6. The Balaban J connectivity index is 1.47. The van der Waals surface area contributed by atoms with Crippen molar-refractivity contribution < 1.29 is 27.6 Å². The van der Waals surface area contributed by atoms with Crippen LogP contribution >= 0.6 is 11.3 Å². The van der Waals surface area contributed by atoms with Crippen LogP contribution in [0, 0.1) is 0 Å². The second-order valence-electron chi connectivity index (χ2n) is 6.73. The maximum Gasteiger partial charge on any atom is 0.275 e. The Morgan fingerprint density at radius 1 is 1.17 bits per heavy atom. The molecular formula is C19H26N3O5S2+. The highest BCUT2D eigenvalue weighted by Gasteiger charge is 2.31. The summed E-state index contributed by atoms with van der Waals surface area (Å²) in [4.78, 5) is 13.4. The molecule has 10 heteroatoms. The van der Waals surface area contributed by atoms with Crippen molar-refractivity contribution in [2.45, 2.75) is 10.8 Å². The fourth-order valence-corrected chi connectivity index (χ4v) is 5.82. The number of sulfonamides is 1. The zero-order chi connectivity index (χ0) is 20.9. The molecule has 1 fully saturated rings. The van der Waals surface area contributed by atoms with Crippen molar-refractivity contribution in [3.63, 3.8) is 0 Å². The van der Waals surface area contributed by atoms with E-state index in [1.54, 1.807) is 37.8 Å². The first-order chi connectivity index (χ1) is 13.9. The van der Waals surface area contributed by atoms with Gasteiger partial charge in [-0.2, -0.15) is 4.31 Å². The second-order valence-corrected chi connectivity index (χ2v) is 9.84. The van der Waals surface area contributed by atoms with Crippen LogP contribution in [0.1, 0.15) is 5.56 Å². The van der Waals surface area contributed by atoms with E-state index in [0.717, 1.165) is 10.5 Å². The molecular weight excluding hydrogens is 414 g/mol. The van der Waals surface area contributed by atoms with Crippen molar-refractivity contribution in [3.8, 4) is 11.5 Å². The van der Waals surface area contributed by atoms with Crippen LogP contribution in [0.4, 0.5) is 0 Å². The number of benzene rings is 1. The lowest BCUT2D eigenvalue weighted by Crippen LogP contribution is -3.15. The van der Waals surface area contributed by atoms with Gasteiger partial charge in [-0.3, -0.25) is 4.79 Å². The molecule has 29 heavy (non-hydrogen) atoms. The summed E-state index contributed by atoms with van der Waals surface area (Å²) in [6, 6.07) is 8.88. The fourth-order valence-electron chi connectivity index (χ4n) is 3.24. The smallest absolute Gasteiger partial charge is 0.275 e. The molecule has 0 radical (unpaired) electrons. The van der Waals surface area contributed by atoms with Crippen LogP contribution in [-0.4, -0.2) is 65.6 Å². The minimum absolute atomic E-state index is 0.0654. The average Bonchev–Trinajstić information content (AvgIpc) is 3.28. The number of hydrogen-bond donors (Lipinski definition) is 2. The van der Waals surface area contributed by atoms with Crippen molar-refractivity contribution in [2.75, 3.05) is 46.9 Å². The zero-order valence-electron chi connectivity index (χ0n) is 16.5. The third-order valence-corrected chi connectivity index (χ3v) is 8.14. The molecule has 2 aromatic rings. The SMILES string of the molecule is COc1ccc(CNC(=O)C[NH+]2CCN(S(=O)(=O)c3cccs3)CC2)cc1OC. The summed E-state index contributed by atoms with van der Waals surface area (Å²) in [5.74, 6) is 1.19. The number of amides is 1. The quantitative estimate of drug-likeness (QED) is 0.602. The van der Waals surface area contributed by atoms with Crippen LogP contribution in [0.15, 0.2) is 39.9 Å². The Kier molecular flexibility index (Phi) is 7.12. The molecule has 0 unspecified atom stereocenters. The van der Waals surface area contributed by atoms with Gasteiger partial charge in [-0.1, -0.05) is 12.1 Å². The number of piperazine rings is 1. The molecule has 0 aliphatic carbocycles. The number of methoxy groups -OCH3 is 2. The van der Waals surface area contributed by atoms with Gasteiger partial charge in [0.15, 0.2) is 18.0 Å². The summed E-state index contributed by atoms with van der Waals surface area (Å²) in [6.07, 6.45) is 0. The van der Waals surface area contributed by atoms with Gasteiger partial charge < -0.3 is 19.7 Å². The molecule has 0 spiro atoms. The standard InChI is InChI=1S/C19H25N3O5S2/c1-26-16-6-5-15(12-17(16)27-2)13-20-18(23)14-21-7-9-22(10-8-21)29(24,25)19-4-3-11-28-19/h3-6,11-12H,7-10,13-14H2,1-2H3,(H,20,23)/p+1. The number of carbonyl (C=O) groups is 1. The lowest BCUT2D eigenvalue weighted by atomic mass is 10.2. The minimum Gasteiger partial charge on any atom is -0.493 e. The summed E-state index contributed by atoms with van der Waals surface area (Å²) in [5.41, 5.74) is 0.915. The molecule has 8 nitrogen and oxygen atoms in total. The molecule has 1 aromatic carbocycles. The number of rotatable bonds is 8. The van der Waals surface area contributed by atoms with Crippen molar-refractivity contribution >= 4 is 27.3 Å². The molecule has 158 valence electrons. The highest BCUT2D eigenvalue weighted by molar-refractivity contribution is 7.91. The third kappa shape index (κ3) is 5.27. The first-order valence-electron chi connectivity index (χ1n) is 9.29. The van der Waals surface area contributed by atoms with Crippen molar-refractivity contribution in [1.29, 1.82) is 0 Å². The lowest BCUT2D eigenvalue weighted by Gasteiger charge is -2.30. The van der Waals surface area contributed by atoms with Gasteiger partial charge >= 0.3 is 0 Å².